The molecule has 0 saturated carbocycles. The van der Waals surface area contributed by atoms with Crippen LogP contribution in [-0.2, 0) is 4.79 Å². The number of carbonyl (C=O) groups excluding carboxylic acids is 1. The van der Waals surface area contributed by atoms with E-state index in [1.807, 2.05) is 18.7 Å². The van der Waals surface area contributed by atoms with E-state index in [0.29, 0.717) is 6.04 Å². The highest BCUT2D eigenvalue weighted by atomic mass is 16.3. The van der Waals surface area contributed by atoms with Gasteiger partial charge in [0.25, 0.3) is 5.91 Å². The van der Waals surface area contributed by atoms with Crippen LogP contribution in [0.5, 0.6) is 0 Å². The molecule has 2 heterocycles. The van der Waals surface area contributed by atoms with E-state index in [9.17, 15) is 9.90 Å². The summed E-state index contributed by atoms with van der Waals surface area (Å²) in [5, 5.41) is 9.98. The first-order chi connectivity index (χ1) is 9.34. The third-order valence-corrected chi connectivity index (χ3v) is 5.06. The lowest BCUT2D eigenvalue weighted by molar-refractivity contribution is -0.141. The van der Waals surface area contributed by atoms with Gasteiger partial charge in [0.15, 0.2) is 0 Å². The van der Waals surface area contributed by atoms with Crippen molar-refractivity contribution >= 4 is 5.91 Å². The van der Waals surface area contributed by atoms with Gasteiger partial charge in [0.1, 0.15) is 6.10 Å². The highest BCUT2D eigenvalue weighted by Crippen LogP contribution is 2.39. The van der Waals surface area contributed by atoms with Crippen LogP contribution in [-0.4, -0.2) is 59.1 Å². The summed E-state index contributed by atoms with van der Waals surface area (Å²) in [6, 6.07) is 0.582. The number of carbonyl (C=O) groups is 1. The minimum atomic E-state index is -0.838. The fraction of sp³-hybridized carbons (Fsp3) is 0.938. The van der Waals surface area contributed by atoms with Gasteiger partial charge in [-0.2, -0.15) is 0 Å². The summed E-state index contributed by atoms with van der Waals surface area (Å²) in [5.74, 6) is -0.0730. The topological polar surface area (TPSA) is 43.8 Å². The van der Waals surface area contributed by atoms with Crippen LogP contribution in [0.2, 0.25) is 0 Å². The van der Waals surface area contributed by atoms with Crippen molar-refractivity contribution in [1.82, 2.24) is 9.80 Å². The van der Waals surface area contributed by atoms with E-state index in [1.54, 1.807) is 0 Å². The average Bonchev–Trinajstić information content (AvgIpc) is 2.80. The van der Waals surface area contributed by atoms with Gasteiger partial charge in [-0.25, -0.2) is 0 Å². The molecule has 0 aromatic heterocycles. The van der Waals surface area contributed by atoms with Crippen LogP contribution < -0.4 is 0 Å². The summed E-state index contributed by atoms with van der Waals surface area (Å²) in [7, 11) is 0. The third-order valence-electron chi connectivity index (χ3n) is 5.06. The molecule has 2 atom stereocenters. The van der Waals surface area contributed by atoms with Crippen LogP contribution in [0.1, 0.15) is 47.0 Å². The molecule has 4 nitrogen and oxygen atoms in total. The second kappa shape index (κ2) is 6.02. The van der Waals surface area contributed by atoms with E-state index in [1.165, 1.54) is 19.4 Å². The van der Waals surface area contributed by atoms with Gasteiger partial charge in [-0.3, -0.25) is 4.79 Å². The van der Waals surface area contributed by atoms with Crippen molar-refractivity contribution in [3.63, 3.8) is 0 Å². The Bertz CT molecular complexity index is 356. The summed E-state index contributed by atoms with van der Waals surface area (Å²) in [6.07, 6.45) is 2.70. The molecule has 2 saturated heterocycles. The van der Waals surface area contributed by atoms with Gasteiger partial charge in [0, 0.05) is 31.1 Å². The number of amides is 1. The molecule has 4 heteroatoms. The molecule has 1 amide bonds. The SMILES string of the molecule is CC(C)C(O)C(=O)N1CCC2(CCCN(C(C)C)C2)C1. The van der Waals surface area contributed by atoms with E-state index in [4.69, 9.17) is 0 Å². The van der Waals surface area contributed by atoms with Crippen molar-refractivity contribution in [2.24, 2.45) is 11.3 Å². The first-order valence-electron chi connectivity index (χ1n) is 8.05. The molecule has 2 unspecified atom stereocenters. The average molecular weight is 282 g/mol. The van der Waals surface area contributed by atoms with Crippen molar-refractivity contribution < 1.29 is 9.90 Å². The number of aliphatic hydroxyl groups excluding tert-OH is 1. The molecule has 2 aliphatic heterocycles. The Kier molecular flexibility index (Phi) is 4.75. The minimum absolute atomic E-state index is 0.00225. The summed E-state index contributed by atoms with van der Waals surface area (Å²) in [6.45, 7) is 12.2. The summed E-state index contributed by atoms with van der Waals surface area (Å²) in [5.41, 5.74) is 0.273. The second-order valence-electron chi connectivity index (χ2n) is 7.37. The van der Waals surface area contributed by atoms with Gasteiger partial charge in [0.05, 0.1) is 0 Å². The molecule has 2 fully saturated rings. The number of piperidine rings is 1. The fourth-order valence-electron chi connectivity index (χ4n) is 3.62. The van der Waals surface area contributed by atoms with E-state index in [-0.39, 0.29) is 17.2 Å². The molecule has 0 radical (unpaired) electrons. The second-order valence-corrected chi connectivity index (χ2v) is 7.37. The van der Waals surface area contributed by atoms with E-state index < -0.39 is 6.10 Å². The maximum Gasteiger partial charge on any atom is 0.251 e. The molecule has 116 valence electrons. The Morgan fingerprint density at radius 3 is 2.40 bits per heavy atom. The summed E-state index contributed by atoms with van der Waals surface area (Å²) in [4.78, 5) is 16.7. The molecular weight excluding hydrogens is 252 g/mol. The van der Waals surface area contributed by atoms with Gasteiger partial charge < -0.3 is 14.9 Å². The van der Waals surface area contributed by atoms with Crippen molar-refractivity contribution in [3.8, 4) is 0 Å². The molecule has 20 heavy (non-hydrogen) atoms. The predicted octanol–water partition coefficient (Wildman–Crippen LogP) is 1.73. The zero-order valence-corrected chi connectivity index (χ0v) is 13.4. The lowest BCUT2D eigenvalue weighted by Gasteiger charge is -2.42. The number of likely N-dealkylation sites (tertiary alicyclic amines) is 2. The lowest BCUT2D eigenvalue weighted by Crippen LogP contribution is -2.48. The van der Waals surface area contributed by atoms with Crippen molar-refractivity contribution in [2.75, 3.05) is 26.2 Å². The maximum absolute atomic E-state index is 12.3. The van der Waals surface area contributed by atoms with Crippen molar-refractivity contribution in [1.29, 1.82) is 0 Å². The maximum atomic E-state index is 12.3. The molecular formula is C16H30N2O2. The van der Waals surface area contributed by atoms with E-state index in [0.717, 1.165) is 26.1 Å². The zero-order chi connectivity index (χ0) is 14.9. The third kappa shape index (κ3) is 3.17. The van der Waals surface area contributed by atoms with Crippen molar-refractivity contribution in [2.45, 2.75) is 59.1 Å². The van der Waals surface area contributed by atoms with Crippen LogP contribution in [0.25, 0.3) is 0 Å². The van der Waals surface area contributed by atoms with Crippen molar-refractivity contribution in [3.05, 3.63) is 0 Å². The first kappa shape index (κ1) is 15.8. The minimum Gasteiger partial charge on any atom is -0.383 e. The Labute approximate surface area is 123 Å². The predicted molar refractivity (Wildman–Crippen MR) is 80.4 cm³/mol. The van der Waals surface area contributed by atoms with Gasteiger partial charge >= 0.3 is 0 Å². The fourth-order valence-corrected chi connectivity index (χ4v) is 3.62. The Hall–Kier alpha value is -0.610. The first-order valence-corrected chi connectivity index (χ1v) is 8.05. The Morgan fingerprint density at radius 2 is 1.80 bits per heavy atom. The quantitative estimate of drug-likeness (QED) is 0.857. The zero-order valence-electron chi connectivity index (χ0n) is 13.4. The van der Waals surface area contributed by atoms with Gasteiger partial charge in [-0.15, -0.1) is 0 Å². The molecule has 2 aliphatic rings. The van der Waals surface area contributed by atoms with Crippen LogP contribution in [0.15, 0.2) is 0 Å². The van der Waals surface area contributed by atoms with Crippen LogP contribution in [0.3, 0.4) is 0 Å². The molecule has 1 spiro atoms. The van der Waals surface area contributed by atoms with Gasteiger partial charge in [0.2, 0.25) is 0 Å². The molecule has 2 rings (SSSR count). The van der Waals surface area contributed by atoms with E-state index >= 15 is 0 Å². The number of nitrogens with zero attached hydrogens (tertiary/aromatic N) is 2. The molecule has 0 aromatic rings. The normalized spacial score (nSPS) is 29.6. The monoisotopic (exact) mass is 282 g/mol. The molecule has 0 aromatic carbocycles. The molecule has 1 N–H and O–H groups in total. The summed E-state index contributed by atoms with van der Waals surface area (Å²) < 4.78 is 0. The molecule has 0 bridgehead atoms. The summed E-state index contributed by atoms with van der Waals surface area (Å²) >= 11 is 0. The largest absolute Gasteiger partial charge is 0.383 e. The van der Waals surface area contributed by atoms with Gasteiger partial charge in [-0.1, -0.05) is 13.8 Å². The molecule has 0 aliphatic carbocycles. The number of aliphatic hydroxyl groups is 1. The highest BCUT2D eigenvalue weighted by molar-refractivity contribution is 5.81. The van der Waals surface area contributed by atoms with Gasteiger partial charge in [-0.05, 0) is 45.6 Å². The number of hydrogen-bond acceptors (Lipinski definition) is 3. The van der Waals surface area contributed by atoms with E-state index in [2.05, 4.69) is 18.7 Å². The van der Waals surface area contributed by atoms with Crippen LogP contribution in [0.4, 0.5) is 0 Å². The number of hydrogen-bond donors (Lipinski definition) is 1. The highest BCUT2D eigenvalue weighted by Gasteiger charge is 2.44. The lowest BCUT2D eigenvalue weighted by atomic mass is 9.79. The standard InChI is InChI=1S/C16H30N2O2/c1-12(2)14(19)15(20)18-9-7-16(11-18)6-5-8-17(10-16)13(3)4/h12-14,19H,5-11H2,1-4H3. The smallest absolute Gasteiger partial charge is 0.251 e. The number of rotatable bonds is 3. The van der Waals surface area contributed by atoms with Crippen LogP contribution in [0, 0.1) is 11.3 Å². The Balaban J connectivity index is 1.99. The Morgan fingerprint density at radius 1 is 1.10 bits per heavy atom. The van der Waals surface area contributed by atoms with Crippen LogP contribution >= 0.6 is 0 Å².